The Labute approximate surface area is 166 Å². The summed E-state index contributed by atoms with van der Waals surface area (Å²) < 4.78 is 7.61. The zero-order valence-corrected chi connectivity index (χ0v) is 17.0. The molecule has 0 saturated carbocycles. The lowest BCUT2D eigenvalue weighted by molar-refractivity contribution is -0.121. The maximum absolute atomic E-state index is 12.2. The maximum atomic E-state index is 12.2. The van der Waals surface area contributed by atoms with Gasteiger partial charge in [0.1, 0.15) is 5.75 Å². The van der Waals surface area contributed by atoms with E-state index in [-0.39, 0.29) is 5.91 Å². The summed E-state index contributed by atoms with van der Waals surface area (Å²) in [4.78, 5) is 12.2. The number of hydrogen-bond acceptors (Lipinski definition) is 3. The van der Waals surface area contributed by atoms with Crippen molar-refractivity contribution in [2.45, 2.75) is 40.7 Å². The molecule has 0 atom stereocenters. The number of nitrogens with one attached hydrogen (secondary N) is 1. The zero-order valence-electron chi connectivity index (χ0n) is 17.0. The van der Waals surface area contributed by atoms with E-state index in [4.69, 9.17) is 4.74 Å². The number of ether oxygens (including phenoxy) is 1. The number of amides is 1. The third-order valence-corrected chi connectivity index (χ3v) is 4.98. The number of carbonyl (C=O) groups is 1. The van der Waals surface area contributed by atoms with Gasteiger partial charge in [0.15, 0.2) is 0 Å². The number of aryl methyl sites for hydroxylation is 3. The smallest absolute Gasteiger partial charge is 0.223 e. The van der Waals surface area contributed by atoms with Crippen LogP contribution >= 0.6 is 0 Å². The molecule has 3 aromatic rings. The fourth-order valence-corrected chi connectivity index (χ4v) is 3.09. The number of para-hydroxylation sites is 1. The summed E-state index contributed by atoms with van der Waals surface area (Å²) in [6.45, 7) is 8.93. The monoisotopic (exact) mass is 377 g/mol. The van der Waals surface area contributed by atoms with Crippen LogP contribution in [0.3, 0.4) is 0 Å². The summed E-state index contributed by atoms with van der Waals surface area (Å²) in [5, 5.41) is 7.60. The molecule has 146 valence electrons. The van der Waals surface area contributed by atoms with Gasteiger partial charge in [0.2, 0.25) is 5.91 Å². The van der Waals surface area contributed by atoms with Crippen LogP contribution in [0.1, 0.15) is 34.5 Å². The second kappa shape index (κ2) is 8.74. The van der Waals surface area contributed by atoms with Gasteiger partial charge in [-0.2, -0.15) is 5.10 Å². The molecule has 1 N–H and O–H groups in total. The predicted molar refractivity (Wildman–Crippen MR) is 111 cm³/mol. The molecule has 28 heavy (non-hydrogen) atoms. The summed E-state index contributed by atoms with van der Waals surface area (Å²) in [5.41, 5.74) is 6.44. The highest BCUT2D eigenvalue weighted by Crippen LogP contribution is 2.18. The van der Waals surface area contributed by atoms with Crippen LogP contribution in [0.25, 0.3) is 5.69 Å². The quantitative estimate of drug-likeness (QED) is 0.672. The molecule has 5 nitrogen and oxygen atoms in total. The molecule has 0 bridgehead atoms. The first-order chi connectivity index (χ1) is 13.5. The van der Waals surface area contributed by atoms with Gasteiger partial charge in [-0.1, -0.05) is 24.3 Å². The molecule has 1 aromatic heterocycles. The van der Waals surface area contributed by atoms with Crippen LogP contribution in [0.15, 0.2) is 48.5 Å². The Morgan fingerprint density at radius 3 is 2.50 bits per heavy atom. The van der Waals surface area contributed by atoms with Gasteiger partial charge in [-0.25, -0.2) is 4.68 Å². The molecule has 0 aliphatic carbocycles. The van der Waals surface area contributed by atoms with Crippen molar-refractivity contribution in [3.8, 4) is 11.4 Å². The van der Waals surface area contributed by atoms with Gasteiger partial charge in [-0.3, -0.25) is 4.79 Å². The molecule has 0 aliphatic rings. The Kier molecular flexibility index (Phi) is 6.14. The molecule has 1 amide bonds. The van der Waals surface area contributed by atoms with Crippen molar-refractivity contribution in [2.75, 3.05) is 6.61 Å². The summed E-state index contributed by atoms with van der Waals surface area (Å²) in [6.07, 6.45) is 0.317. The number of hydrogen-bond donors (Lipinski definition) is 1. The van der Waals surface area contributed by atoms with E-state index in [0.717, 1.165) is 28.4 Å². The summed E-state index contributed by atoms with van der Waals surface area (Å²) in [5.74, 6) is 0.766. The Bertz CT molecular complexity index is 961. The molecule has 5 heteroatoms. The van der Waals surface area contributed by atoms with Crippen molar-refractivity contribution >= 4 is 5.91 Å². The predicted octanol–water partition coefficient (Wildman–Crippen LogP) is 4.19. The molecule has 0 spiro atoms. The first-order valence-corrected chi connectivity index (χ1v) is 9.53. The molecule has 1 heterocycles. The normalized spacial score (nSPS) is 10.7. The van der Waals surface area contributed by atoms with Crippen LogP contribution in [0.2, 0.25) is 0 Å². The average molecular weight is 377 g/mol. The number of rotatable bonds is 7. The Morgan fingerprint density at radius 1 is 1.04 bits per heavy atom. The molecule has 3 rings (SSSR count). The van der Waals surface area contributed by atoms with Gasteiger partial charge in [0, 0.05) is 17.8 Å². The number of carbonyl (C=O) groups excluding carboxylic acids is 1. The lowest BCUT2D eigenvalue weighted by atomic mass is 10.1. The molecular formula is C23H27N3O2. The van der Waals surface area contributed by atoms with E-state index in [2.05, 4.69) is 24.3 Å². The van der Waals surface area contributed by atoms with Gasteiger partial charge in [0.05, 0.1) is 24.4 Å². The molecule has 0 saturated heterocycles. The van der Waals surface area contributed by atoms with E-state index in [1.54, 1.807) is 0 Å². The second-order valence-corrected chi connectivity index (χ2v) is 7.02. The Hall–Kier alpha value is -3.08. The molecule has 0 aliphatic heterocycles. The van der Waals surface area contributed by atoms with E-state index in [1.165, 1.54) is 11.1 Å². The summed E-state index contributed by atoms with van der Waals surface area (Å²) >= 11 is 0. The van der Waals surface area contributed by atoms with E-state index < -0.39 is 0 Å². The first kappa shape index (κ1) is 19.7. The number of nitrogens with zero attached hydrogens (tertiary/aromatic N) is 2. The van der Waals surface area contributed by atoms with Gasteiger partial charge in [-0.15, -0.1) is 0 Å². The fraction of sp³-hybridized carbons (Fsp3) is 0.304. The van der Waals surface area contributed by atoms with Crippen molar-refractivity contribution < 1.29 is 9.53 Å². The largest absolute Gasteiger partial charge is 0.493 e. The van der Waals surface area contributed by atoms with Crippen LogP contribution in [-0.2, 0) is 11.3 Å². The van der Waals surface area contributed by atoms with Crippen molar-refractivity contribution in [2.24, 2.45) is 0 Å². The van der Waals surface area contributed by atoms with Crippen molar-refractivity contribution in [3.63, 3.8) is 0 Å². The topological polar surface area (TPSA) is 56.1 Å². The van der Waals surface area contributed by atoms with E-state index >= 15 is 0 Å². The zero-order chi connectivity index (χ0) is 20.1. The van der Waals surface area contributed by atoms with E-state index in [0.29, 0.717) is 19.6 Å². The third-order valence-electron chi connectivity index (χ3n) is 4.98. The minimum absolute atomic E-state index is 0.0323. The minimum atomic E-state index is -0.0323. The third kappa shape index (κ3) is 4.60. The van der Waals surface area contributed by atoms with Gasteiger partial charge < -0.3 is 10.1 Å². The van der Waals surface area contributed by atoms with Crippen molar-refractivity contribution in [3.05, 3.63) is 76.6 Å². The molecule has 0 radical (unpaired) electrons. The van der Waals surface area contributed by atoms with Crippen LogP contribution in [0, 0.1) is 27.7 Å². The van der Waals surface area contributed by atoms with Gasteiger partial charge in [-0.05, 0) is 63.1 Å². The van der Waals surface area contributed by atoms with Crippen molar-refractivity contribution in [1.29, 1.82) is 0 Å². The highest BCUT2D eigenvalue weighted by Gasteiger charge is 2.13. The average Bonchev–Trinajstić information content (AvgIpc) is 2.97. The number of benzene rings is 2. The molecule has 0 unspecified atom stereocenters. The fourth-order valence-electron chi connectivity index (χ4n) is 3.09. The Balaban J connectivity index is 1.53. The van der Waals surface area contributed by atoms with Crippen LogP contribution in [0.5, 0.6) is 5.75 Å². The SMILES string of the molecule is Cc1ccc(OCCC(=O)NCc2c(C)nn(-c3ccccc3)c2C)cc1C. The minimum Gasteiger partial charge on any atom is -0.493 e. The standard InChI is InChI=1S/C23H27N3O2/c1-16-10-11-21(14-17(16)2)28-13-12-23(27)24-15-22-18(3)25-26(19(22)4)20-8-6-5-7-9-20/h5-11,14H,12-13,15H2,1-4H3,(H,24,27). The molecule has 2 aromatic carbocycles. The highest BCUT2D eigenvalue weighted by atomic mass is 16.5. The summed E-state index contributed by atoms with van der Waals surface area (Å²) in [6, 6.07) is 16.0. The van der Waals surface area contributed by atoms with Crippen LogP contribution < -0.4 is 10.1 Å². The summed E-state index contributed by atoms with van der Waals surface area (Å²) in [7, 11) is 0. The lowest BCUT2D eigenvalue weighted by Gasteiger charge is -2.09. The van der Waals surface area contributed by atoms with E-state index in [9.17, 15) is 4.79 Å². The van der Waals surface area contributed by atoms with E-state index in [1.807, 2.05) is 67.1 Å². The van der Waals surface area contributed by atoms with Gasteiger partial charge in [0.25, 0.3) is 0 Å². The molecular weight excluding hydrogens is 350 g/mol. The molecule has 0 fully saturated rings. The Morgan fingerprint density at radius 2 is 1.79 bits per heavy atom. The lowest BCUT2D eigenvalue weighted by Crippen LogP contribution is -2.25. The van der Waals surface area contributed by atoms with Gasteiger partial charge >= 0.3 is 0 Å². The first-order valence-electron chi connectivity index (χ1n) is 9.53. The second-order valence-electron chi connectivity index (χ2n) is 7.02. The maximum Gasteiger partial charge on any atom is 0.223 e. The van der Waals surface area contributed by atoms with Crippen LogP contribution in [0.4, 0.5) is 0 Å². The number of aromatic nitrogens is 2. The highest BCUT2D eigenvalue weighted by molar-refractivity contribution is 5.76. The van der Waals surface area contributed by atoms with Crippen molar-refractivity contribution in [1.82, 2.24) is 15.1 Å². The van der Waals surface area contributed by atoms with Crippen LogP contribution in [-0.4, -0.2) is 22.3 Å².